The number of thiazole rings is 1. The highest BCUT2D eigenvalue weighted by molar-refractivity contribution is 14.0. The fraction of sp³-hybridized carbons (Fsp3) is 0.733. The van der Waals surface area contributed by atoms with Crippen molar-refractivity contribution in [2.75, 3.05) is 12.3 Å². The van der Waals surface area contributed by atoms with Gasteiger partial charge in [0.05, 0.1) is 6.54 Å². The van der Waals surface area contributed by atoms with Crippen molar-refractivity contribution in [1.29, 1.82) is 0 Å². The van der Waals surface area contributed by atoms with Crippen molar-refractivity contribution in [2.45, 2.75) is 57.9 Å². The minimum absolute atomic E-state index is 0. The zero-order valence-electron chi connectivity index (χ0n) is 13.6. The number of hydrogen-bond acceptors (Lipinski definition) is 4. The summed E-state index contributed by atoms with van der Waals surface area (Å²) in [5.41, 5.74) is 0. The lowest BCUT2D eigenvalue weighted by Crippen LogP contribution is -2.42. The number of aliphatic imine (C=N–C) groups is 1. The maximum absolute atomic E-state index is 4.67. The van der Waals surface area contributed by atoms with E-state index in [1.54, 1.807) is 11.3 Å². The van der Waals surface area contributed by atoms with E-state index < -0.39 is 0 Å². The Bertz CT molecular complexity index is 464. The minimum atomic E-state index is 0. The quantitative estimate of drug-likeness (QED) is 0.390. The number of halogens is 1. The van der Waals surface area contributed by atoms with Gasteiger partial charge in [-0.15, -0.1) is 35.3 Å². The van der Waals surface area contributed by atoms with Crippen LogP contribution in [0.15, 0.2) is 11.2 Å². The highest BCUT2D eigenvalue weighted by Gasteiger charge is 2.25. The summed E-state index contributed by atoms with van der Waals surface area (Å²) in [6.07, 6.45) is 5.73. The van der Waals surface area contributed by atoms with E-state index in [2.05, 4.69) is 53.1 Å². The van der Waals surface area contributed by atoms with E-state index in [0.717, 1.165) is 22.8 Å². The van der Waals surface area contributed by atoms with E-state index >= 15 is 0 Å². The van der Waals surface area contributed by atoms with Gasteiger partial charge in [-0.3, -0.25) is 0 Å². The van der Waals surface area contributed by atoms with Gasteiger partial charge >= 0.3 is 0 Å². The van der Waals surface area contributed by atoms with Crippen LogP contribution in [0.5, 0.6) is 0 Å². The number of thioether (sulfide) groups is 1. The van der Waals surface area contributed by atoms with Gasteiger partial charge in [-0.2, -0.15) is 11.8 Å². The first-order valence-electron chi connectivity index (χ1n) is 7.79. The zero-order valence-corrected chi connectivity index (χ0v) is 17.6. The molecule has 1 aromatic heterocycles. The molecule has 0 saturated heterocycles. The number of rotatable bonds is 6. The molecule has 0 amide bonds. The van der Waals surface area contributed by atoms with Crippen LogP contribution in [0.2, 0.25) is 0 Å². The van der Waals surface area contributed by atoms with Crippen LogP contribution in [0, 0.1) is 6.92 Å². The molecule has 1 aromatic rings. The normalized spacial score (nSPS) is 21.5. The minimum Gasteiger partial charge on any atom is -0.357 e. The van der Waals surface area contributed by atoms with Crippen LogP contribution >= 0.6 is 47.1 Å². The molecule has 0 aromatic carbocycles. The van der Waals surface area contributed by atoms with Gasteiger partial charge in [-0.05, 0) is 38.9 Å². The Morgan fingerprint density at radius 1 is 1.45 bits per heavy atom. The van der Waals surface area contributed by atoms with Crippen molar-refractivity contribution >= 4 is 53.0 Å². The molecule has 2 rings (SSSR count). The maximum atomic E-state index is 4.67. The van der Waals surface area contributed by atoms with Gasteiger partial charge < -0.3 is 10.6 Å². The molecular formula is C15H27IN4S2. The summed E-state index contributed by atoms with van der Waals surface area (Å²) in [6, 6.07) is 0.560. The Labute approximate surface area is 159 Å². The van der Waals surface area contributed by atoms with E-state index in [4.69, 9.17) is 0 Å². The second-order valence-corrected chi connectivity index (χ2v) is 8.19. The monoisotopic (exact) mass is 454 g/mol. The second kappa shape index (κ2) is 10.7. The highest BCUT2D eigenvalue weighted by atomic mass is 127. The largest absolute Gasteiger partial charge is 0.357 e. The Morgan fingerprint density at radius 3 is 2.91 bits per heavy atom. The predicted octanol–water partition coefficient (Wildman–Crippen LogP) is 3.80. The number of hydrogen-bond donors (Lipinski definition) is 2. The molecule has 1 aliphatic carbocycles. The van der Waals surface area contributed by atoms with Crippen molar-refractivity contribution < 1.29 is 0 Å². The van der Waals surface area contributed by atoms with Gasteiger partial charge in [0.15, 0.2) is 5.96 Å². The van der Waals surface area contributed by atoms with Gasteiger partial charge in [0.2, 0.25) is 0 Å². The topological polar surface area (TPSA) is 49.3 Å². The Morgan fingerprint density at radius 2 is 2.27 bits per heavy atom. The van der Waals surface area contributed by atoms with E-state index in [1.165, 1.54) is 29.9 Å². The molecule has 0 bridgehead atoms. The Balaban J connectivity index is 0.00000242. The lowest BCUT2D eigenvalue weighted by atomic mass is 10.2. The van der Waals surface area contributed by atoms with E-state index in [-0.39, 0.29) is 24.0 Å². The third kappa shape index (κ3) is 6.62. The second-order valence-electron chi connectivity index (χ2n) is 5.29. The molecule has 126 valence electrons. The summed E-state index contributed by atoms with van der Waals surface area (Å²) < 4.78 is 0. The summed E-state index contributed by atoms with van der Waals surface area (Å²) in [7, 11) is 0. The molecule has 1 saturated carbocycles. The smallest absolute Gasteiger partial charge is 0.191 e. The molecule has 2 unspecified atom stereocenters. The van der Waals surface area contributed by atoms with Crippen LogP contribution in [0.4, 0.5) is 0 Å². The summed E-state index contributed by atoms with van der Waals surface area (Å²) in [6.45, 7) is 7.98. The first-order chi connectivity index (χ1) is 10.2. The molecule has 22 heavy (non-hydrogen) atoms. The number of guanidine groups is 1. The molecule has 2 N–H and O–H groups in total. The van der Waals surface area contributed by atoms with Crippen LogP contribution in [0.25, 0.3) is 0 Å². The first kappa shape index (κ1) is 20.0. The average molecular weight is 454 g/mol. The highest BCUT2D eigenvalue weighted by Crippen LogP contribution is 2.29. The molecule has 0 spiro atoms. The van der Waals surface area contributed by atoms with Gasteiger partial charge in [-0.1, -0.05) is 6.92 Å². The molecule has 1 fully saturated rings. The van der Waals surface area contributed by atoms with Crippen molar-refractivity contribution in [1.82, 2.24) is 15.6 Å². The average Bonchev–Trinajstić information content (AvgIpc) is 3.06. The molecule has 7 heteroatoms. The fourth-order valence-corrected chi connectivity index (χ4v) is 4.45. The summed E-state index contributed by atoms with van der Waals surface area (Å²) in [4.78, 5) is 10.3. The van der Waals surface area contributed by atoms with Crippen LogP contribution in [-0.4, -0.2) is 34.5 Å². The van der Waals surface area contributed by atoms with E-state index in [9.17, 15) is 0 Å². The van der Waals surface area contributed by atoms with Crippen LogP contribution in [-0.2, 0) is 6.54 Å². The third-order valence-corrected chi connectivity index (χ3v) is 5.64. The van der Waals surface area contributed by atoms with Gasteiger partial charge in [0, 0.05) is 28.9 Å². The summed E-state index contributed by atoms with van der Waals surface area (Å²) in [5.74, 6) is 2.15. The number of nitrogens with zero attached hydrogens (tertiary/aromatic N) is 2. The summed E-state index contributed by atoms with van der Waals surface area (Å²) in [5, 5.41) is 8.82. The molecule has 1 aliphatic rings. The predicted molar refractivity (Wildman–Crippen MR) is 110 cm³/mol. The fourth-order valence-electron chi connectivity index (χ4n) is 2.59. The SMILES string of the molecule is CCNC(=NCc1ncc(C)s1)NC1CCC(SCC)C1.I. The van der Waals surface area contributed by atoms with Crippen molar-refractivity contribution in [3.8, 4) is 0 Å². The van der Waals surface area contributed by atoms with Crippen molar-refractivity contribution in [3.05, 3.63) is 16.1 Å². The van der Waals surface area contributed by atoms with Crippen LogP contribution in [0.1, 0.15) is 43.0 Å². The number of aryl methyl sites for hydroxylation is 1. The molecule has 1 heterocycles. The van der Waals surface area contributed by atoms with Crippen molar-refractivity contribution in [3.63, 3.8) is 0 Å². The molecule has 0 aliphatic heterocycles. The molecule has 2 atom stereocenters. The maximum Gasteiger partial charge on any atom is 0.191 e. The Kier molecular flexibility index (Phi) is 9.74. The number of nitrogens with one attached hydrogen (secondary N) is 2. The lowest BCUT2D eigenvalue weighted by molar-refractivity contribution is 0.615. The Hall–Kier alpha value is -0.0200. The lowest BCUT2D eigenvalue weighted by Gasteiger charge is -2.17. The zero-order chi connectivity index (χ0) is 15.1. The van der Waals surface area contributed by atoms with Crippen LogP contribution in [0.3, 0.4) is 0 Å². The molecule has 0 radical (unpaired) electrons. The summed E-state index contributed by atoms with van der Waals surface area (Å²) >= 11 is 3.81. The third-order valence-electron chi connectivity index (χ3n) is 3.51. The number of aromatic nitrogens is 1. The van der Waals surface area contributed by atoms with Gasteiger partial charge in [-0.25, -0.2) is 9.98 Å². The molecular weight excluding hydrogens is 427 g/mol. The standard InChI is InChI=1S/C15H26N4S2.HI/c1-4-16-15(18-10-14-17-9-11(3)21-14)19-12-6-7-13(8-12)20-5-2;/h9,12-13H,4-8,10H2,1-3H3,(H2,16,18,19);1H. The van der Waals surface area contributed by atoms with Crippen LogP contribution < -0.4 is 10.6 Å². The van der Waals surface area contributed by atoms with Crippen molar-refractivity contribution in [2.24, 2.45) is 4.99 Å². The molecule has 4 nitrogen and oxygen atoms in total. The van der Waals surface area contributed by atoms with Gasteiger partial charge in [0.1, 0.15) is 5.01 Å². The first-order valence-corrected chi connectivity index (χ1v) is 9.65. The van der Waals surface area contributed by atoms with E-state index in [0.29, 0.717) is 12.6 Å². The van der Waals surface area contributed by atoms with E-state index in [1.807, 2.05) is 6.20 Å². The van der Waals surface area contributed by atoms with Gasteiger partial charge in [0.25, 0.3) is 0 Å².